The fourth-order valence-corrected chi connectivity index (χ4v) is 8.46. The van der Waals surface area contributed by atoms with Crippen LogP contribution >= 0.6 is 0 Å². The monoisotopic (exact) mass is 876 g/mol. The Morgan fingerprint density at radius 2 is 1.35 bits per heavy atom. The summed E-state index contributed by atoms with van der Waals surface area (Å²) in [7, 11) is 0. The van der Waals surface area contributed by atoms with E-state index in [2.05, 4.69) is 149 Å². The fourth-order valence-electron chi connectivity index (χ4n) is 8.46. The molecule has 1 aliphatic heterocycles. The standard InChI is InChI=1S/C47H31N5O.Pt/c1-47(2)39-18-7-9-20-42(39)51(30-12-4-3-5-13-30)44-40(47)24-23-36-37-17-11-25-48-46(37)52(43(36)44)31-14-10-15-32(28-31)53-33-21-22-34-35-16-6-8-19-41(35)50-27-26-49-45(50)38(34)29-33;/h3-27H,1-2H3;/q-2;+2. The Morgan fingerprint density at radius 3 is 2.26 bits per heavy atom. The van der Waals surface area contributed by atoms with Crippen LogP contribution < -0.4 is 9.64 Å². The third kappa shape index (κ3) is 4.63. The molecule has 260 valence electrons. The molecule has 4 aromatic heterocycles. The molecule has 0 unspecified atom stereocenters. The summed E-state index contributed by atoms with van der Waals surface area (Å²) in [6.07, 6.45) is 5.69. The van der Waals surface area contributed by atoms with Gasteiger partial charge in [-0.05, 0) is 52.9 Å². The summed E-state index contributed by atoms with van der Waals surface area (Å²) in [5.74, 6) is 1.18. The van der Waals surface area contributed by atoms with Gasteiger partial charge in [0.2, 0.25) is 0 Å². The number of rotatable bonds is 4. The molecule has 0 radical (unpaired) electrons. The number of hydrogen-bond acceptors (Lipinski definition) is 4. The van der Waals surface area contributed by atoms with E-state index >= 15 is 0 Å². The third-order valence-corrected chi connectivity index (χ3v) is 10.8. The number of anilines is 3. The molecule has 7 heteroatoms. The number of hydrogen-bond donors (Lipinski definition) is 0. The molecule has 0 atom stereocenters. The molecule has 0 bridgehead atoms. The minimum atomic E-state index is -0.258. The Bertz CT molecular complexity index is 3090. The van der Waals surface area contributed by atoms with E-state index in [4.69, 9.17) is 14.7 Å². The van der Waals surface area contributed by atoms with E-state index in [-0.39, 0.29) is 26.5 Å². The average molecular weight is 877 g/mol. The maximum Gasteiger partial charge on any atom is 2.00 e. The number of pyridine rings is 2. The van der Waals surface area contributed by atoms with E-state index in [1.54, 1.807) is 0 Å². The van der Waals surface area contributed by atoms with E-state index < -0.39 is 0 Å². The Kier molecular flexibility index (Phi) is 7.30. The number of aromatic nitrogens is 4. The first-order valence-corrected chi connectivity index (χ1v) is 17.8. The molecule has 0 amide bonds. The summed E-state index contributed by atoms with van der Waals surface area (Å²) in [6, 6.07) is 53.8. The van der Waals surface area contributed by atoms with Crippen LogP contribution in [0, 0.1) is 12.1 Å². The van der Waals surface area contributed by atoms with Crippen LogP contribution in [0.25, 0.3) is 54.9 Å². The van der Waals surface area contributed by atoms with Crippen molar-refractivity contribution < 1.29 is 25.8 Å². The van der Waals surface area contributed by atoms with Crippen LogP contribution in [0.15, 0.2) is 152 Å². The maximum atomic E-state index is 6.58. The molecular weight excluding hydrogens is 846 g/mol. The second-order valence-electron chi connectivity index (χ2n) is 14.1. The van der Waals surface area contributed by atoms with Gasteiger partial charge >= 0.3 is 21.1 Å². The number of benzene rings is 6. The quantitative estimate of drug-likeness (QED) is 0.131. The van der Waals surface area contributed by atoms with Gasteiger partial charge in [-0.15, -0.1) is 30.3 Å². The smallest absolute Gasteiger partial charge is 0.503 e. The van der Waals surface area contributed by atoms with Crippen molar-refractivity contribution in [1.82, 2.24) is 18.9 Å². The van der Waals surface area contributed by atoms with Crippen LogP contribution in [-0.4, -0.2) is 18.9 Å². The van der Waals surface area contributed by atoms with Gasteiger partial charge in [-0.3, -0.25) is 4.98 Å². The molecule has 0 N–H and O–H groups in total. The summed E-state index contributed by atoms with van der Waals surface area (Å²) >= 11 is 0. The number of para-hydroxylation sites is 3. The van der Waals surface area contributed by atoms with E-state index in [0.717, 1.165) is 66.3 Å². The van der Waals surface area contributed by atoms with Crippen LogP contribution in [0.5, 0.6) is 11.5 Å². The van der Waals surface area contributed by atoms with Gasteiger partial charge in [0.15, 0.2) is 0 Å². The number of nitrogens with zero attached hydrogens (tertiary/aromatic N) is 5. The van der Waals surface area contributed by atoms with E-state index in [1.807, 2.05) is 42.9 Å². The molecule has 0 fully saturated rings. The maximum absolute atomic E-state index is 6.58. The molecule has 0 saturated heterocycles. The van der Waals surface area contributed by atoms with Crippen molar-refractivity contribution in [2.75, 3.05) is 4.90 Å². The topological polar surface area (TPSA) is 47.6 Å². The molecular formula is C47H31N5OPt. The van der Waals surface area contributed by atoms with Crippen molar-refractivity contribution in [3.63, 3.8) is 0 Å². The SMILES string of the molecule is CC1(C)c2ccccc2N(c2ccccc2)c2c1ccc1c3cccnc3n(-c3[c-]c(Oc4[c-]c5c(cc4)c4ccccc4n4ccnc54)ccc3)c21.[Pt+2]. The average Bonchev–Trinajstić information content (AvgIpc) is 3.83. The van der Waals surface area contributed by atoms with E-state index in [9.17, 15) is 0 Å². The summed E-state index contributed by atoms with van der Waals surface area (Å²) in [4.78, 5) is 12.1. The molecule has 1 aliphatic rings. The molecule has 54 heavy (non-hydrogen) atoms. The minimum absolute atomic E-state index is 0. The zero-order valence-corrected chi connectivity index (χ0v) is 31.7. The first-order valence-electron chi connectivity index (χ1n) is 17.8. The van der Waals surface area contributed by atoms with E-state index in [1.165, 1.54) is 16.8 Å². The second kappa shape index (κ2) is 12.2. The first-order chi connectivity index (χ1) is 26.1. The Labute approximate surface area is 326 Å². The summed E-state index contributed by atoms with van der Waals surface area (Å²) in [5.41, 5.74) is 10.4. The van der Waals surface area contributed by atoms with Gasteiger partial charge in [0.05, 0.1) is 22.5 Å². The third-order valence-electron chi connectivity index (χ3n) is 10.8. The van der Waals surface area contributed by atoms with Crippen LogP contribution in [0.1, 0.15) is 25.0 Å². The Hall–Kier alpha value is -6.23. The van der Waals surface area contributed by atoms with Gasteiger partial charge < -0.3 is 18.6 Å². The van der Waals surface area contributed by atoms with Gasteiger partial charge in [0.25, 0.3) is 0 Å². The molecule has 0 aliphatic carbocycles. The first kappa shape index (κ1) is 32.4. The Balaban J connectivity index is 0.00000361. The fraction of sp³-hybridized carbons (Fsp3) is 0.0638. The molecule has 6 nitrogen and oxygen atoms in total. The predicted octanol–water partition coefficient (Wildman–Crippen LogP) is 11.6. The van der Waals surface area contributed by atoms with Crippen molar-refractivity contribution in [3.8, 4) is 17.2 Å². The predicted molar refractivity (Wildman–Crippen MR) is 213 cm³/mol. The molecule has 0 saturated carbocycles. The zero-order chi connectivity index (χ0) is 35.3. The van der Waals surface area contributed by atoms with Crippen LogP contribution in [0.3, 0.4) is 0 Å². The van der Waals surface area contributed by atoms with Gasteiger partial charge in [-0.25, -0.2) is 4.98 Å². The summed E-state index contributed by atoms with van der Waals surface area (Å²) in [5, 5.41) is 5.33. The van der Waals surface area contributed by atoms with Crippen molar-refractivity contribution in [3.05, 3.63) is 175 Å². The minimum Gasteiger partial charge on any atom is -0.503 e. The number of ether oxygens (including phenoxy) is 1. The van der Waals surface area contributed by atoms with Gasteiger partial charge in [0, 0.05) is 57.5 Å². The molecule has 0 spiro atoms. The van der Waals surface area contributed by atoms with Crippen molar-refractivity contribution in [2.45, 2.75) is 19.3 Å². The van der Waals surface area contributed by atoms with Crippen LogP contribution in [0.4, 0.5) is 17.1 Å². The largest absolute Gasteiger partial charge is 2.00 e. The molecule has 5 heterocycles. The zero-order valence-electron chi connectivity index (χ0n) is 29.4. The number of fused-ring (bicyclic) bond motifs is 12. The molecule has 11 rings (SSSR count). The van der Waals surface area contributed by atoms with Crippen molar-refractivity contribution in [2.24, 2.45) is 0 Å². The van der Waals surface area contributed by atoms with Crippen LogP contribution in [0.2, 0.25) is 0 Å². The summed E-state index contributed by atoms with van der Waals surface area (Å²) in [6.45, 7) is 4.65. The second-order valence-corrected chi connectivity index (χ2v) is 14.1. The van der Waals surface area contributed by atoms with Crippen molar-refractivity contribution >= 4 is 66.3 Å². The van der Waals surface area contributed by atoms with Gasteiger partial charge in [0.1, 0.15) is 5.65 Å². The molecule has 10 aromatic rings. The Morgan fingerprint density at radius 1 is 0.593 bits per heavy atom. The van der Waals surface area contributed by atoms with Crippen LogP contribution in [-0.2, 0) is 26.5 Å². The number of imidazole rings is 1. The van der Waals surface area contributed by atoms with Gasteiger partial charge in [-0.2, -0.15) is 6.07 Å². The van der Waals surface area contributed by atoms with Crippen molar-refractivity contribution in [1.29, 1.82) is 0 Å². The normalized spacial score (nSPS) is 13.3. The summed E-state index contributed by atoms with van der Waals surface area (Å²) < 4.78 is 10.9. The van der Waals surface area contributed by atoms with E-state index in [0.29, 0.717) is 11.5 Å². The molecule has 6 aromatic carbocycles. The van der Waals surface area contributed by atoms with Gasteiger partial charge in [-0.1, -0.05) is 103 Å².